The molecule has 0 fully saturated rings. The van der Waals surface area contributed by atoms with Crippen LogP contribution < -0.4 is 10.1 Å². The molecule has 0 aliphatic carbocycles. The van der Waals surface area contributed by atoms with Crippen LogP contribution in [0.15, 0.2) is 24.3 Å². The minimum Gasteiger partial charge on any atom is -0.497 e. The summed E-state index contributed by atoms with van der Waals surface area (Å²) >= 11 is 0. The average molecular weight is 293 g/mol. The van der Waals surface area contributed by atoms with E-state index in [1.165, 1.54) is 0 Å². The van der Waals surface area contributed by atoms with Crippen molar-refractivity contribution in [2.24, 2.45) is 5.92 Å². The zero-order chi connectivity index (χ0) is 16.0. The molecule has 5 nitrogen and oxygen atoms in total. The Morgan fingerprint density at radius 1 is 1.24 bits per heavy atom. The molecule has 0 heterocycles. The van der Waals surface area contributed by atoms with E-state index < -0.39 is 17.9 Å². The molecule has 1 aromatic carbocycles. The van der Waals surface area contributed by atoms with Crippen LogP contribution in [-0.2, 0) is 9.59 Å². The summed E-state index contributed by atoms with van der Waals surface area (Å²) in [7, 11) is 1.58. The largest absolute Gasteiger partial charge is 0.497 e. The van der Waals surface area contributed by atoms with Crippen molar-refractivity contribution in [3.63, 3.8) is 0 Å². The number of hydrogen-bond acceptors (Lipinski definition) is 3. The molecule has 0 saturated carbocycles. The third kappa shape index (κ3) is 4.48. The van der Waals surface area contributed by atoms with Crippen LogP contribution in [0.1, 0.15) is 38.7 Å². The SMILES string of the molecule is CC[C@H](C)[C@H](NC(=O)C(C)c1ccc(OC)cc1)C(=O)O. The number of nitrogens with one attached hydrogen (secondary N) is 1. The molecule has 1 unspecified atom stereocenters. The van der Waals surface area contributed by atoms with E-state index in [-0.39, 0.29) is 11.8 Å². The number of benzene rings is 1. The predicted molar refractivity (Wildman–Crippen MR) is 80.4 cm³/mol. The number of rotatable bonds is 7. The van der Waals surface area contributed by atoms with Gasteiger partial charge in [0.05, 0.1) is 13.0 Å². The van der Waals surface area contributed by atoms with Crippen LogP contribution >= 0.6 is 0 Å². The highest BCUT2D eigenvalue weighted by Crippen LogP contribution is 2.20. The van der Waals surface area contributed by atoms with Gasteiger partial charge in [0.1, 0.15) is 11.8 Å². The normalized spacial score (nSPS) is 14.9. The second kappa shape index (κ2) is 7.67. The molecule has 0 aliphatic heterocycles. The van der Waals surface area contributed by atoms with Gasteiger partial charge in [-0.25, -0.2) is 4.79 Å². The lowest BCUT2D eigenvalue weighted by Gasteiger charge is -2.22. The van der Waals surface area contributed by atoms with Gasteiger partial charge in [-0.1, -0.05) is 32.4 Å². The number of amides is 1. The first kappa shape index (κ1) is 17.0. The first-order chi connectivity index (χ1) is 9.90. The van der Waals surface area contributed by atoms with Gasteiger partial charge in [0, 0.05) is 0 Å². The molecule has 2 N–H and O–H groups in total. The van der Waals surface area contributed by atoms with Gasteiger partial charge in [0.15, 0.2) is 0 Å². The van der Waals surface area contributed by atoms with E-state index in [2.05, 4.69) is 5.32 Å². The lowest BCUT2D eigenvalue weighted by Crippen LogP contribution is -2.46. The average Bonchev–Trinajstić information content (AvgIpc) is 2.50. The second-order valence-electron chi connectivity index (χ2n) is 5.20. The number of aliphatic carboxylic acids is 1. The molecular formula is C16H23NO4. The minimum atomic E-state index is -1.00. The van der Waals surface area contributed by atoms with E-state index in [9.17, 15) is 14.7 Å². The third-order valence-corrected chi connectivity index (χ3v) is 3.79. The fourth-order valence-electron chi connectivity index (χ4n) is 2.01. The number of carboxylic acids is 1. The van der Waals surface area contributed by atoms with Gasteiger partial charge in [0.2, 0.25) is 5.91 Å². The Balaban J connectivity index is 2.78. The Kier molecular flexibility index (Phi) is 6.21. The number of hydrogen-bond donors (Lipinski definition) is 2. The maximum absolute atomic E-state index is 12.2. The van der Waals surface area contributed by atoms with Crippen LogP contribution in [0.5, 0.6) is 5.75 Å². The molecule has 0 saturated heterocycles. The van der Waals surface area contributed by atoms with Crippen LogP contribution in [0.2, 0.25) is 0 Å². The highest BCUT2D eigenvalue weighted by Gasteiger charge is 2.27. The molecule has 0 radical (unpaired) electrons. The smallest absolute Gasteiger partial charge is 0.326 e. The molecular weight excluding hydrogens is 270 g/mol. The molecule has 1 rings (SSSR count). The van der Waals surface area contributed by atoms with Gasteiger partial charge in [-0.3, -0.25) is 4.79 Å². The number of ether oxygens (including phenoxy) is 1. The van der Waals surface area contributed by atoms with Gasteiger partial charge in [-0.2, -0.15) is 0 Å². The summed E-state index contributed by atoms with van der Waals surface area (Å²) in [4.78, 5) is 23.5. The molecule has 0 aromatic heterocycles. The van der Waals surface area contributed by atoms with E-state index in [1.807, 2.05) is 26.0 Å². The fraction of sp³-hybridized carbons (Fsp3) is 0.500. The first-order valence-electron chi connectivity index (χ1n) is 7.07. The monoisotopic (exact) mass is 293 g/mol. The quantitative estimate of drug-likeness (QED) is 0.809. The summed E-state index contributed by atoms with van der Waals surface area (Å²) in [6.07, 6.45) is 0.689. The summed E-state index contributed by atoms with van der Waals surface area (Å²) in [5.74, 6) is -1.10. The Morgan fingerprint density at radius 2 is 1.81 bits per heavy atom. The van der Waals surface area contributed by atoms with Gasteiger partial charge < -0.3 is 15.2 Å². The molecule has 1 amide bonds. The van der Waals surface area contributed by atoms with Crippen LogP contribution in [0, 0.1) is 5.92 Å². The van der Waals surface area contributed by atoms with Gasteiger partial charge in [-0.15, -0.1) is 0 Å². The fourth-order valence-corrected chi connectivity index (χ4v) is 2.01. The predicted octanol–water partition coefficient (Wildman–Crippen LogP) is 2.41. The Labute approximate surface area is 125 Å². The topological polar surface area (TPSA) is 75.6 Å². The van der Waals surface area contributed by atoms with E-state index in [4.69, 9.17) is 4.74 Å². The van der Waals surface area contributed by atoms with Crippen molar-refractivity contribution < 1.29 is 19.4 Å². The number of carbonyl (C=O) groups excluding carboxylic acids is 1. The van der Waals surface area contributed by atoms with Gasteiger partial charge >= 0.3 is 5.97 Å². The molecule has 0 spiro atoms. The summed E-state index contributed by atoms with van der Waals surface area (Å²) in [5.41, 5.74) is 0.821. The summed E-state index contributed by atoms with van der Waals surface area (Å²) in [6, 6.07) is 6.32. The van der Waals surface area contributed by atoms with E-state index in [0.717, 1.165) is 11.3 Å². The summed E-state index contributed by atoms with van der Waals surface area (Å²) in [6.45, 7) is 5.48. The summed E-state index contributed by atoms with van der Waals surface area (Å²) < 4.78 is 5.07. The maximum atomic E-state index is 12.2. The van der Waals surface area contributed by atoms with Crippen LogP contribution in [0.25, 0.3) is 0 Å². The van der Waals surface area contributed by atoms with Gasteiger partial charge in [0.25, 0.3) is 0 Å². The number of methoxy groups -OCH3 is 1. The highest BCUT2D eigenvalue weighted by molar-refractivity contribution is 5.88. The highest BCUT2D eigenvalue weighted by atomic mass is 16.5. The standard InChI is InChI=1S/C16H23NO4/c1-5-10(2)14(16(19)20)17-15(18)11(3)12-6-8-13(21-4)9-7-12/h6-11,14H,5H2,1-4H3,(H,17,18)(H,19,20)/t10-,11?,14-/m0/s1. The molecule has 0 aliphatic rings. The Hall–Kier alpha value is -2.04. The molecule has 21 heavy (non-hydrogen) atoms. The van der Waals surface area contributed by atoms with Gasteiger partial charge in [-0.05, 0) is 30.5 Å². The summed E-state index contributed by atoms with van der Waals surface area (Å²) in [5, 5.41) is 11.8. The van der Waals surface area contributed by atoms with Crippen molar-refractivity contribution in [3.8, 4) is 5.75 Å². The van der Waals surface area contributed by atoms with Crippen molar-refractivity contribution in [3.05, 3.63) is 29.8 Å². The molecule has 116 valence electrons. The van der Waals surface area contributed by atoms with Crippen molar-refractivity contribution in [1.82, 2.24) is 5.32 Å². The maximum Gasteiger partial charge on any atom is 0.326 e. The Morgan fingerprint density at radius 3 is 2.24 bits per heavy atom. The third-order valence-electron chi connectivity index (χ3n) is 3.79. The molecule has 0 bridgehead atoms. The molecule has 5 heteroatoms. The lowest BCUT2D eigenvalue weighted by molar-refractivity contribution is -0.143. The minimum absolute atomic E-state index is 0.116. The lowest BCUT2D eigenvalue weighted by atomic mass is 9.96. The van der Waals surface area contributed by atoms with Crippen molar-refractivity contribution >= 4 is 11.9 Å². The first-order valence-corrected chi connectivity index (χ1v) is 7.07. The molecule has 1 aromatic rings. The van der Waals surface area contributed by atoms with Crippen LogP contribution in [0.3, 0.4) is 0 Å². The Bertz CT molecular complexity index is 484. The number of carboxylic acid groups (broad SMARTS) is 1. The second-order valence-corrected chi connectivity index (χ2v) is 5.20. The van der Waals surface area contributed by atoms with E-state index >= 15 is 0 Å². The number of carbonyl (C=O) groups is 2. The van der Waals surface area contributed by atoms with E-state index in [1.54, 1.807) is 26.2 Å². The van der Waals surface area contributed by atoms with Crippen LogP contribution in [0.4, 0.5) is 0 Å². The van der Waals surface area contributed by atoms with Crippen molar-refractivity contribution in [2.75, 3.05) is 7.11 Å². The van der Waals surface area contributed by atoms with Crippen LogP contribution in [-0.4, -0.2) is 30.1 Å². The zero-order valence-corrected chi connectivity index (χ0v) is 12.9. The van der Waals surface area contributed by atoms with Crippen molar-refractivity contribution in [1.29, 1.82) is 0 Å². The van der Waals surface area contributed by atoms with E-state index in [0.29, 0.717) is 6.42 Å². The molecule has 3 atom stereocenters. The zero-order valence-electron chi connectivity index (χ0n) is 12.9. The van der Waals surface area contributed by atoms with Crippen molar-refractivity contribution in [2.45, 2.75) is 39.2 Å².